The first-order valence-electron chi connectivity index (χ1n) is 8.44. The van der Waals surface area contributed by atoms with Gasteiger partial charge in [0.15, 0.2) is 5.78 Å². The van der Waals surface area contributed by atoms with E-state index >= 15 is 0 Å². The van der Waals surface area contributed by atoms with E-state index in [4.69, 9.17) is 8.84 Å². The van der Waals surface area contributed by atoms with Crippen LogP contribution < -0.4 is 4.43 Å². The molecule has 3 nitrogen and oxygen atoms in total. The van der Waals surface area contributed by atoms with Crippen molar-refractivity contribution in [2.75, 3.05) is 0 Å². The molecule has 0 aliphatic carbocycles. The number of halogens is 2. The van der Waals surface area contributed by atoms with E-state index < -0.39 is 8.32 Å². The van der Waals surface area contributed by atoms with E-state index in [-0.39, 0.29) is 5.78 Å². The molecule has 0 saturated heterocycles. The number of aryl methyl sites for hydroxylation is 1. The summed E-state index contributed by atoms with van der Waals surface area (Å²) in [7, 11) is -1.77. The van der Waals surface area contributed by atoms with Gasteiger partial charge in [-0.2, -0.15) is 0 Å². The molecule has 0 atom stereocenters. The van der Waals surface area contributed by atoms with Crippen LogP contribution in [0.2, 0.25) is 19.6 Å². The van der Waals surface area contributed by atoms with Gasteiger partial charge < -0.3 is 8.84 Å². The minimum atomic E-state index is -1.77. The Morgan fingerprint density at radius 1 is 1.12 bits per heavy atom. The standard InChI is InChI=1S/C20H20Br2O3Si/c1-5-16-18(13-8-6-7-9-17(13)24-16)19(23)12-10-14(21)20(15(22)11-12)25-26(2,3)4/h6-11H,5H2,1-4H3. The summed E-state index contributed by atoms with van der Waals surface area (Å²) in [6, 6.07) is 11.3. The molecule has 3 aromatic rings. The molecule has 2 aromatic carbocycles. The molecule has 0 fully saturated rings. The van der Waals surface area contributed by atoms with Crippen molar-refractivity contribution in [2.45, 2.75) is 33.0 Å². The van der Waals surface area contributed by atoms with E-state index in [0.29, 0.717) is 23.3 Å². The van der Waals surface area contributed by atoms with Gasteiger partial charge in [-0.15, -0.1) is 0 Å². The molecule has 0 unspecified atom stereocenters. The van der Waals surface area contributed by atoms with Gasteiger partial charge >= 0.3 is 0 Å². The number of ketones is 1. The molecule has 0 radical (unpaired) electrons. The summed E-state index contributed by atoms with van der Waals surface area (Å²) in [5.74, 6) is 1.41. The molecule has 0 N–H and O–H groups in total. The third kappa shape index (κ3) is 3.82. The van der Waals surface area contributed by atoms with Crippen LogP contribution in [-0.2, 0) is 6.42 Å². The Hall–Kier alpha value is -1.37. The second kappa shape index (κ2) is 7.33. The molecule has 0 bridgehead atoms. The quantitative estimate of drug-likeness (QED) is 0.283. The van der Waals surface area contributed by atoms with Gasteiger partial charge in [-0.25, -0.2) is 0 Å². The number of fused-ring (bicyclic) bond motifs is 1. The second-order valence-electron chi connectivity index (χ2n) is 7.06. The zero-order valence-corrected chi connectivity index (χ0v) is 19.3. The first kappa shape index (κ1) is 19.4. The smallest absolute Gasteiger partial charge is 0.242 e. The van der Waals surface area contributed by atoms with E-state index in [1.54, 1.807) is 0 Å². The summed E-state index contributed by atoms with van der Waals surface area (Å²) >= 11 is 7.12. The number of carbonyl (C=O) groups excluding carboxylic acids is 1. The minimum Gasteiger partial charge on any atom is -0.543 e. The first-order valence-corrected chi connectivity index (χ1v) is 13.4. The molecule has 1 aromatic heterocycles. The Balaban J connectivity index is 2.09. The highest BCUT2D eigenvalue weighted by atomic mass is 79.9. The Bertz CT molecular complexity index is 963. The third-order valence-corrected chi connectivity index (χ3v) is 5.88. The number of para-hydroxylation sites is 1. The topological polar surface area (TPSA) is 39.4 Å². The van der Waals surface area contributed by atoms with Crippen LogP contribution >= 0.6 is 31.9 Å². The van der Waals surface area contributed by atoms with Crippen molar-refractivity contribution in [3.05, 3.63) is 62.2 Å². The highest BCUT2D eigenvalue weighted by Gasteiger charge is 2.24. The fraction of sp³-hybridized carbons (Fsp3) is 0.250. The molecule has 0 aliphatic rings. The van der Waals surface area contributed by atoms with Gasteiger partial charge in [0.2, 0.25) is 8.32 Å². The molecular formula is C20H20Br2O3Si. The number of carbonyl (C=O) groups is 1. The summed E-state index contributed by atoms with van der Waals surface area (Å²) in [4.78, 5) is 13.3. The Kier molecular flexibility index (Phi) is 5.47. The second-order valence-corrected chi connectivity index (χ2v) is 13.2. The number of benzene rings is 2. The van der Waals surface area contributed by atoms with Crippen LogP contribution in [0.3, 0.4) is 0 Å². The first-order chi connectivity index (χ1) is 12.2. The summed E-state index contributed by atoms with van der Waals surface area (Å²) in [5, 5.41) is 0.851. The molecule has 0 saturated carbocycles. The van der Waals surface area contributed by atoms with Crippen LogP contribution in [0, 0.1) is 0 Å². The maximum atomic E-state index is 13.3. The van der Waals surface area contributed by atoms with Crippen molar-refractivity contribution in [3.63, 3.8) is 0 Å². The van der Waals surface area contributed by atoms with E-state index in [1.165, 1.54) is 0 Å². The van der Waals surface area contributed by atoms with Crippen molar-refractivity contribution in [2.24, 2.45) is 0 Å². The molecule has 26 heavy (non-hydrogen) atoms. The lowest BCUT2D eigenvalue weighted by molar-refractivity contribution is 0.103. The van der Waals surface area contributed by atoms with Gasteiger partial charge in [-0.1, -0.05) is 25.1 Å². The molecule has 0 amide bonds. The van der Waals surface area contributed by atoms with Gasteiger partial charge in [0.05, 0.1) is 14.5 Å². The third-order valence-electron chi connectivity index (χ3n) is 3.89. The van der Waals surface area contributed by atoms with E-state index in [9.17, 15) is 4.79 Å². The van der Waals surface area contributed by atoms with Gasteiger partial charge in [0.1, 0.15) is 17.1 Å². The lowest BCUT2D eigenvalue weighted by atomic mass is 9.99. The number of rotatable bonds is 5. The Labute approximate surface area is 171 Å². The predicted octanol–water partition coefficient (Wildman–Crippen LogP) is 6.96. The molecule has 136 valence electrons. The van der Waals surface area contributed by atoms with Crippen LogP contribution in [-0.4, -0.2) is 14.1 Å². The van der Waals surface area contributed by atoms with Gasteiger partial charge in [-0.05, 0) is 69.7 Å². The lowest BCUT2D eigenvalue weighted by Gasteiger charge is -2.22. The largest absolute Gasteiger partial charge is 0.543 e. The van der Waals surface area contributed by atoms with Crippen LogP contribution in [0.1, 0.15) is 28.6 Å². The van der Waals surface area contributed by atoms with E-state index in [1.807, 2.05) is 43.3 Å². The Morgan fingerprint density at radius 3 is 2.31 bits per heavy atom. The van der Waals surface area contributed by atoms with Crippen molar-refractivity contribution >= 4 is 56.9 Å². The minimum absolute atomic E-state index is 0.0484. The average molecular weight is 496 g/mol. The normalized spacial score (nSPS) is 11.8. The maximum Gasteiger partial charge on any atom is 0.242 e. The number of hydrogen-bond acceptors (Lipinski definition) is 3. The van der Waals surface area contributed by atoms with Crippen LogP contribution in [0.25, 0.3) is 11.0 Å². The fourth-order valence-electron chi connectivity index (χ4n) is 2.83. The van der Waals surface area contributed by atoms with E-state index in [0.717, 1.165) is 25.7 Å². The molecule has 6 heteroatoms. The molecule has 0 aliphatic heterocycles. The molecule has 1 heterocycles. The lowest BCUT2D eigenvalue weighted by Crippen LogP contribution is -2.29. The monoisotopic (exact) mass is 494 g/mol. The number of hydrogen-bond donors (Lipinski definition) is 0. The SMILES string of the molecule is CCc1oc2ccccc2c1C(=O)c1cc(Br)c(O[Si](C)(C)C)c(Br)c1. The van der Waals surface area contributed by atoms with Gasteiger partial charge in [-0.3, -0.25) is 4.79 Å². The van der Waals surface area contributed by atoms with Gasteiger partial charge in [0.25, 0.3) is 0 Å². The summed E-state index contributed by atoms with van der Waals surface area (Å²) in [6.45, 7) is 8.35. The molecule has 0 spiro atoms. The van der Waals surface area contributed by atoms with Crippen molar-refractivity contribution in [1.29, 1.82) is 0 Å². The zero-order valence-electron chi connectivity index (χ0n) is 15.2. The zero-order chi connectivity index (χ0) is 19.1. The average Bonchev–Trinajstić information content (AvgIpc) is 2.95. The van der Waals surface area contributed by atoms with Crippen LogP contribution in [0.15, 0.2) is 49.8 Å². The summed E-state index contributed by atoms with van der Waals surface area (Å²) in [5.41, 5.74) is 1.97. The van der Waals surface area contributed by atoms with E-state index in [2.05, 4.69) is 51.5 Å². The fourth-order valence-corrected chi connectivity index (χ4v) is 5.31. The summed E-state index contributed by atoms with van der Waals surface area (Å²) < 4.78 is 13.5. The molecule has 3 rings (SSSR count). The Morgan fingerprint density at radius 2 is 1.73 bits per heavy atom. The maximum absolute atomic E-state index is 13.3. The molecular weight excluding hydrogens is 476 g/mol. The number of furan rings is 1. The van der Waals surface area contributed by atoms with Crippen LogP contribution in [0.4, 0.5) is 0 Å². The summed E-state index contributed by atoms with van der Waals surface area (Å²) in [6.07, 6.45) is 0.662. The van der Waals surface area contributed by atoms with Crippen molar-refractivity contribution < 1.29 is 13.6 Å². The highest BCUT2D eigenvalue weighted by molar-refractivity contribution is 9.11. The highest BCUT2D eigenvalue weighted by Crippen LogP contribution is 2.38. The predicted molar refractivity (Wildman–Crippen MR) is 115 cm³/mol. The van der Waals surface area contributed by atoms with Crippen molar-refractivity contribution in [1.82, 2.24) is 0 Å². The van der Waals surface area contributed by atoms with Gasteiger partial charge in [0, 0.05) is 17.4 Å². The van der Waals surface area contributed by atoms with Crippen molar-refractivity contribution in [3.8, 4) is 5.75 Å². The van der Waals surface area contributed by atoms with Crippen LogP contribution in [0.5, 0.6) is 5.75 Å².